The third-order valence-corrected chi connectivity index (χ3v) is 5.59. The summed E-state index contributed by atoms with van der Waals surface area (Å²) in [5.74, 6) is -0.859. The summed E-state index contributed by atoms with van der Waals surface area (Å²) in [6.45, 7) is 0.526. The van der Waals surface area contributed by atoms with Crippen LogP contribution in [0.3, 0.4) is 0 Å². The van der Waals surface area contributed by atoms with E-state index in [9.17, 15) is 9.59 Å². The number of aromatic nitrogens is 2. The Morgan fingerprint density at radius 3 is 2.52 bits per heavy atom. The second-order valence-corrected chi connectivity index (χ2v) is 7.32. The van der Waals surface area contributed by atoms with Gasteiger partial charge >= 0.3 is 0 Å². The first-order chi connectivity index (χ1) is 12.1. The molecule has 1 aromatic heterocycles. The fourth-order valence-electron chi connectivity index (χ4n) is 4.37. The molecule has 7 heteroatoms. The van der Waals surface area contributed by atoms with E-state index in [0.29, 0.717) is 17.3 Å². The third kappa shape index (κ3) is 2.24. The summed E-state index contributed by atoms with van der Waals surface area (Å²) < 4.78 is 7.50. The number of hydrogen-bond donors (Lipinski definition) is 0. The van der Waals surface area contributed by atoms with Crippen LogP contribution in [0.5, 0.6) is 0 Å². The second kappa shape index (κ2) is 5.41. The third-order valence-electron chi connectivity index (χ3n) is 5.40. The van der Waals surface area contributed by atoms with Crippen LogP contribution in [-0.2, 0) is 20.9 Å². The Bertz CT molecular complexity index is 852. The van der Waals surface area contributed by atoms with Crippen molar-refractivity contribution in [3.63, 3.8) is 0 Å². The minimum absolute atomic E-state index is 0.0918. The first kappa shape index (κ1) is 15.1. The Hall–Kier alpha value is -2.18. The number of rotatable bonds is 3. The van der Waals surface area contributed by atoms with Gasteiger partial charge in [0.25, 0.3) is 0 Å². The summed E-state index contributed by atoms with van der Waals surface area (Å²) in [6, 6.07) is 7.47. The van der Waals surface area contributed by atoms with E-state index in [-0.39, 0.29) is 35.9 Å². The summed E-state index contributed by atoms with van der Waals surface area (Å²) in [5.41, 5.74) is 1.58. The zero-order valence-electron chi connectivity index (χ0n) is 13.3. The van der Waals surface area contributed by atoms with Gasteiger partial charge in [0, 0.05) is 6.20 Å². The molecule has 4 heterocycles. The largest absolute Gasteiger partial charge is 0.373 e. The van der Waals surface area contributed by atoms with Crippen LogP contribution in [0.2, 0.25) is 5.02 Å². The van der Waals surface area contributed by atoms with Gasteiger partial charge in [-0.1, -0.05) is 23.7 Å². The van der Waals surface area contributed by atoms with Crippen LogP contribution in [0.4, 0.5) is 5.69 Å². The van der Waals surface area contributed by atoms with Crippen LogP contribution in [0.25, 0.3) is 0 Å². The van der Waals surface area contributed by atoms with Gasteiger partial charge in [-0.2, -0.15) is 5.10 Å². The molecule has 0 saturated carbocycles. The maximum absolute atomic E-state index is 12.9. The van der Waals surface area contributed by atoms with Crippen molar-refractivity contribution in [2.45, 2.75) is 31.6 Å². The van der Waals surface area contributed by atoms with Crippen LogP contribution in [0.15, 0.2) is 36.7 Å². The molecule has 128 valence electrons. The number of carbonyl (C=O) groups excluding carboxylic acids is 2. The summed E-state index contributed by atoms with van der Waals surface area (Å²) in [4.78, 5) is 27.1. The average molecular weight is 358 g/mol. The van der Waals surface area contributed by atoms with Crippen LogP contribution < -0.4 is 4.90 Å². The van der Waals surface area contributed by atoms with Crippen molar-refractivity contribution in [2.24, 2.45) is 11.8 Å². The highest BCUT2D eigenvalue weighted by molar-refractivity contribution is 6.30. The van der Waals surface area contributed by atoms with E-state index in [1.807, 2.05) is 18.2 Å². The molecule has 3 aliphatic heterocycles. The lowest BCUT2D eigenvalue weighted by atomic mass is 9.81. The number of imide groups is 1. The molecule has 0 N–H and O–H groups in total. The van der Waals surface area contributed by atoms with E-state index in [1.165, 1.54) is 4.90 Å². The quantitative estimate of drug-likeness (QED) is 0.790. The molecule has 0 spiro atoms. The molecule has 4 atom stereocenters. The standard InChI is InChI=1S/C18H16ClN3O3/c19-11-7-20-21(9-11)8-10-2-1-3-12(6-10)22-17(23)15-13-4-5-14(25-13)16(15)18(22)24/h1-3,6-7,9,13-16H,4-5,8H2/t13-,14-,15-,16-/m0/s1. The Morgan fingerprint density at radius 2 is 1.88 bits per heavy atom. The van der Waals surface area contributed by atoms with Gasteiger partial charge in [-0.05, 0) is 30.5 Å². The molecule has 2 amide bonds. The van der Waals surface area contributed by atoms with Gasteiger partial charge in [-0.3, -0.25) is 14.3 Å². The van der Waals surface area contributed by atoms with E-state index >= 15 is 0 Å². The van der Waals surface area contributed by atoms with E-state index in [0.717, 1.165) is 18.4 Å². The molecule has 3 aliphatic rings. The van der Waals surface area contributed by atoms with Crippen molar-refractivity contribution in [2.75, 3.05) is 4.90 Å². The van der Waals surface area contributed by atoms with E-state index in [2.05, 4.69) is 5.10 Å². The lowest BCUT2D eigenvalue weighted by molar-refractivity contribution is -0.124. The number of anilines is 1. The molecule has 0 unspecified atom stereocenters. The topological polar surface area (TPSA) is 64.4 Å². The van der Waals surface area contributed by atoms with Crippen molar-refractivity contribution in [3.05, 3.63) is 47.2 Å². The summed E-state index contributed by atoms with van der Waals surface area (Å²) in [5, 5.41) is 4.74. The van der Waals surface area contributed by atoms with Crippen LogP contribution in [0, 0.1) is 11.8 Å². The van der Waals surface area contributed by atoms with Crippen molar-refractivity contribution in [3.8, 4) is 0 Å². The number of nitrogens with zero attached hydrogens (tertiary/aromatic N) is 3. The number of carbonyl (C=O) groups is 2. The molecular formula is C18H16ClN3O3. The number of fused-ring (bicyclic) bond motifs is 5. The normalized spacial score (nSPS) is 30.4. The lowest BCUT2D eigenvalue weighted by Crippen LogP contribution is -2.34. The van der Waals surface area contributed by atoms with Gasteiger partial charge < -0.3 is 4.74 Å². The minimum atomic E-state index is -0.306. The monoisotopic (exact) mass is 357 g/mol. The lowest BCUT2D eigenvalue weighted by Gasteiger charge is -2.18. The summed E-state index contributed by atoms with van der Waals surface area (Å²) in [6.07, 6.45) is 4.88. The van der Waals surface area contributed by atoms with Crippen molar-refractivity contribution in [1.82, 2.24) is 9.78 Å². The van der Waals surface area contributed by atoms with Gasteiger partial charge in [0.15, 0.2) is 0 Å². The van der Waals surface area contributed by atoms with Crippen molar-refractivity contribution in [1.29, 1.82) is 0 Å². The molecule has 3 saturated heterocycles. The molecule has 3 fully saturated rings. The van der Waals surface area contributed by atoms with Crippen LogP contribution in [-0.4, -0.2) is 33.8 Å². The highest BCUT2D eigenvalue weighted by atomic mass is 35.5. The highest BCUT2D eigenvalue weighted by Gasteiger charge is 2.62. The number of halogens is 1. The zero-order valence-corrected chi connectivity index (χ0v) is 14.1. The molecule has 5 rings (SSSR count). The molecule has 25 heavy (non-hydrogen) atoms. The maximum atomic E-state index is 12.9. The molecule has 0 radical (unpaired) electrons. The number of benzene rings is 1. The Morgan fingerprint density at radius 1 is 1.16 bits per heavy atom. The van der Waals surface area contributed by atoms with E-state index in [4.69, 9.17) is 16.3 Å². The number of ether oxygens (including phenoxy) is 1. The van der Waals surface area contributed by atoms with Gasteiger partial charge in [-0.15, -0.1) is 0 Å². The fourth-order valence-corrected chi connectivity index (χ4v) is 4.53. The molecule has 2 aromatic rings. The predicted molar refractivity (Wildman–Crippen MR) is 90.1 cm³/mol. The van der Waals surface area contributed by atoms with Crippen LogP contribution >= 0.6 is 11.6 Å². The molecule has 2 bridgehead atoms. The number of amides is 2. The summed E-state index contributed by atoms with van der Waals surface area (Å²) >= 11 is 5.89. The molecular weight excluding hydrogens is 342 g/mol. The number of hydrogen-bond acceptors (Lipinski definition) is 4. The van der Waals surface area contributed by atoms with Crippen molar-refractivity contribution >= 4 is 29.1 Å². The fraction of sp³-hybridized carbons (Fsp3) is 0.389. The minimum Gasteiger partial charge on any atom is -0.373 e. The van der Waals surface area contributed by atoms with Crippen LogP contribution in [0.1, 0.15) is 18.4 Å². The molecule has 0 aliphatic carbocycles. The second-order valence-electron chi connectivity index (χ2n) is 6.88. The zero-order chi connectivity index (χ0) is 17.1. The molecule has 1 aromatic carbocycles. The Kier molecular flexibility index (Phi) is 3.27. The Labute approximate surface area is 149 Å². The molecule has 6 nitrogen and oxygen atoms in total. The van der Waals surface area contributed by atoms with Gasteiger partial charge in [-0.25, -0.2) is 4.90 Å². The Balaban J connectivity index is 1.44. The van der Waals surface area contributed by atoms with Gasteiger partial charge in [0.2, 0.25) is 11.8 Å². The average Bonchev–Trinajstić information content (AvgIpc) is 3.34. The first-order valence-electron chi connectivity index (χ1n) is 8.42. The smallest absolute Gasteiger partial charge is 0.240 e. The van der Waals surface area contributed by atoms with Gasteiger partial charge in [0.05, 0.1) is 47.5 Å². The SMILES string of the molecule is O=C1[C@@H]2[C@@H](C(=O)N1c1cccc(Cn3cc(Cl)cn3)c1)[C@@H]1CC[C@@H]2O1. The van der Waals surface area contributed by atoms with Gasteiger partial charge in [0.1, 0.15) is 0 Å². The van der Waals surface area contributed by atoms with Crippen molar-refractivity contribution < 1.29 is 14.3 Å². The highest BCUT2D eigenvalue weighted by Crippen LogP contribution is 2.49. The maximum Gasteiger partial charge on any atom is 0.240 e. The predicted octanol–water partition coefficient (Wildman–Crippen LogP) is 2.25. The summed E-state index contributed by atoms with van der Waals surface area (Å²) in [7, 11) is 0. The van der Waals surface area contributed by atoms with E-state index < -0.39 is 0 Å². The first-order valence-corrected chi connectivity index (χ1v) is 8.80. The van der Waals surface area contributed by atoms with E-state index in [1.54, 1.807) is 23.1 Å².